The lowest BCUT2D eigenvalue weighted by molar-refractivity contribution is 0.122. The zero-order chi connectivity index (χ0) is 18.4. The van der Waals surface area contributed by atoms with E-state index >= 15 is 0 Å². The molecule has 26 heavy (non-hydrogen) atoms. The Balaban J connectivity index is 1.68. The third-order valence-electron chi connectivity index (χ3n) is 4.66. The quantitative estimate of drug-likeness (QED) is 0.629. The first-order valence-electron chi connectivity index (χ1n) is 9.22. The molecule has 2 aromatic carbocycles. The van der Waals surface area contributed by atoms with Crippen LogP contribution in [0.25, 0.3) is 0 Å². The summed E-state index contributed by atoms with van der Waals surface area (Å²) in [6, 6.07) is 14.8. The average molecular weight is 416 g/mol. The predicted octanol–water partition coefficient (Wildman–Crippen LogP) is 4.88. The number of hydrogen-bond acceptors (Lipinski definition) is 4. The molecule has 3 rings (SSSR count). The van der Waals surface area contributed by atoms with Crippen LogP contribution < -0.4 is 9.80 Å². The monoisotopic (exact) mass is 415 g/mol. The lowest BCUT2D eigenvalue weighted by Crippen LogP contribution is -2.36. The standard InChI is InChI=1S/C21H26BrN3O/c1-3-24(4-2)21-10-5-17(15-20(21)22)16-23-18-6-8-19(9-7-18)25-11-13-26-14-12-25/h5-10,15-16H,3-4,11-14H2,1-2H3. The van der Waals surface area contributed by atoms with Crippen LogP contribution in [-0.4, -0.2) is 45.6 Å². The van der Waals surface area contributed by atoms with Crippen LogP contribution in [0.15, 0.2) is 51.9 Å². The molecular formula is C21H26BrN3O. The van der Waals surface area contributed by atoms with Crippen molar-refractivity contribution in [3.8, 4) is 0 Å². The van der Waals surface area contributed by atoms with Crippen LogP contribution in [0.4, 0.5) is 17.1 Å². The van der Waals surface area contributed by atoms with E-state index < -0.39 is 0 Å². The highest BCUT2D eigenvalue weighted by molar-refractivity contribution is 9.10. The number of ether oxygens (including phenoxy) is 1. The maximum atomic E-state index is 5.41. The van der Waals surface area contributed by atoms with Crippen LogP contribution in [0.5, 0.6) is 0 Å². The smallest absolute Gasteiger partial charge is 0.0642 e. The molecule has 1 fully saturated rings. The van der Waals surface area contributed by atoms with Gasteiger partial charge in [0.05, 0.1) is 24.6 Å². The summed E-state index contributed by atoms with van der Waals surface area (Å²) in [7, 11) is 0. The Morgan fingerprint density at radius 3 is 2.38 bits per heavy atom. The second kappa shape index (κ2) is 9.19. The van der Waals surface area contributed by atoms with Crippen molar-refractivity contribution in [2.45, 2.75) is 13.8 Å². The normalized spacial score (nSPS) is 14.8. The van der Waals surface area contributed by atoms with Gasteiger partial charge in [-0.1, -0.05) is 6.07 Å². The molecule has 1 heterocycles. The predicted molar refractivity (Wildman–Crippen MR) is 114 cm³/mol. The molecular weight excluding hydrogens is 390 g/mol. The van der Waals surface area contributed by atoms with Crippen LogP contribution >= 0.6 is 15.9 Å². The topological polar surface area (TPSA) is 28.1 Å². The first-order chi connectivity index (χ1) is 12.7. The van der Waals surface area contributed by atoms with E-state index in [4.69, 9.17) is 4.74 Å². The third-order valence-corrected chi connectivity index (χ3v) is 5.30. The zero-order valence-corrected chi connectivity index (χ0v) is 17.1. The maximum Gasteiger partial charge on any atom is 0.0642 e. The molecule has 138 valence electrons. The Kier molecular flexibility index (Phi) is 6.69. The van der Waals surface area contributed by atoms with Gasteiger partial charge < -0.3 is 14.5 Å². The van der Waals surface area contributed by atoms with Gasteiger partial charge in [0, 0.05) is 42.6 Å². The SMILES string of the molecule is CCN(CC)c1ccc(C=Nc2ccc(N3CCOCC3)cc2)cc1Br. The molecule has 0 N–H and O–H groups in total. The highest BCUT2D eigenvalue weighted by atomic mass is 79.9. The van der Waals surface area contributed by atoms with Gasteiger partial charge in [-0.3, -0.25) is 4.99 Å². The fourth-order valence-electron chi connectivity index (χ4n) is 3.14. The maximum absolute atomic E-state index is 5.41. The number of benzene rings is 2. The van der Waals surface area contributed by atoms with Gasteiger partial charge in [-0.2, -0.15) is 0 Å². The van der Waals surface area contributed by atoms with Crippen LogP contribution in [-0.2, 0) is 4.74 Å². The highest BCUT2D eigenvalue weighted by Gasteiger charge is 2.10. The van der Waals surface area contributed by atoms with Crippen molar-refractivity contribution in [1.29, 1.82) is 0 Å². The average Bonchev–Trinajstić information content (AvgIpc) is 2.70. The molecule has 0 unspecified atom stereocenters. The van der Waals surface area contributed by atoms with Crippen LogP contribution in [0, 0.1) is 0 Å². The molecule has 4 nitrogen and oxygen atoms in total. The first-order valence-corrected chi connectivity index (χ1v) is 10.0. The van der Waals surface area contributed by atoms with Crippen molar-refractivity contribution in [3.63, 3.8) is 0 Å². The Morgan fingerprint density at radius 1 is 1.08 bits per heavy atom. The number of anilines is 2. The van der Waals surface area contributed by atoms with E-state index in [-0.39, 0.29) is 0 Å². The minimum Gasteiger partial charge on any atom is -0.378 e. The molecule has 2 aromatic rings. The van der Waals surface area contributed by atoms with Gasteiger partial charge in [0.2, 0.25) is 0 Å². The molecule has 5 heteroatoms. The van der Waals surface area contributed by atoms with Gasteiger partial charge in [-0.25, -0.2) is 0 Å². The summed E-state index contributed by atoms with van der Waals surface area (Å²) >= 11 is 3.69. The molecule has 1 saturated heterocycles. The van der Waals surface area contributed by atoms with Crippen molar-refractivity contribution in [1.82, 2.24) is 0 Å². The van der Waals surface area contributed by atoms with Gasteiger partial charge in [0.25, 0.3) is 0 Å². The van der Waals surface area contributed by atoms with Gasteiger partial charge in [0.15, 0.2) is 0 Å². The summed E-state index contributed by atoms with van der Waals surface area (Å²) in [4.78, 5) is 9.29. The fraction of sp³-hybridized carbons (Fsp3) is 0.381. The van der Waals surface area contributed by atoms with Crippen molar-refractivity contribution in [3.05, 3.63) is 52.5 Å². The summed E-state index contributed by atoms with van der Waals surface area (Å²) in [6.07, 6.45) is 1.92. The molecule has 1 aliphatic heterocycles. The minimum absolute atomic E-state index is 0.804. The number of nitrogens with zero attached hydrogens (tertiary/aromatic N) is 3. The van der Waals surface area contributed by atoms with Crippen LogP contribution in [0.1, 0.15) is 19.4 Å². The Hall–Kier alpha value is -1.85. The molecule has 1 aliphatic rings. The number of hydrogen-bond donors (Lipinski definition) is 0. The molecule has 0 atom stereocenters. The summed E-state index contributed by atoms with van der Waals surface area (Å²) in [5.41, 5.74) is 4.51. The highest BCUT2D eigenvalue weighted by Crippen LogP contribution is 2.27. The van der Waals surface area contributed by atoms with Crippen molar-refractivity contribution in [2.75, 3.05) is 49.2 Å². The summed E-state index contributed by atoms with van der Waals surface area (Å²) in [5.74, 6) is 0. The van der Waals surface area contributed by atoms with Crippen molar-refractivity contribution < 1.29 is 4.74 Å². The molecule has 0 spiro atoms. The molecule has 0 saturated carbocycles. The fourth-order valence-corrected chi connectivity index (χ4v) is 3.79. The first kappa shape index (κ1) is 18.9. The number of morpholine rings is 1. The molecule has 0 amide bonds. The Morgan fingerprint density at radius 2 is 1.77 bits per heavy atom. The van der Waals surface area contributed by atoms with Gasteiger partial charge in [0.1, 0.15) is 0 Å². The van der Waals surface area contributed by atoms with Crippen molar-refractivity contribution in [2.24, 2.45) is 4.99 Å². The molecule has 0 bridgehead atoms. The lowest BCUT2D eigenvalue weighted by Gasteiger charge is -2.28. The van der Waals surface area contributed by atoms with Crippen molar-refractivity contribution >= 4 is 39.2 Å². The number of aliphatic imine (C=N–C) groups is 1. The van der Waals surface area contributed by atoms with E-state index in [1.807, 2.05) is 6.21 Å². The number of rotatable bonds is 6. The van der Waals surface area contributed by atoms with Crippen LogP contribution in [0.2, 0.25) is 0 Å². The molecule has 0 radical (unpaired) electrons. The zero-order valence-electron chi connectivity index (χ0n) is 15.5. The molecule has 0 aliphatic carbocycles. The van der Waals surface area contributed by atoms with E-state index in [1.54, 1.807) is 0 Å². The summed E-state index contributed by atoms with van der Waals surface area (Å²) < 4.78 is 6.51. The van der Waals surface area contributed by atoms with E-state index in [2.05, 4.69) is 87.0 Å². The van der Waals surface area contributed by atoms with E-state index in [9.17, 15) is 0 Å². The van der Waals surface area contributed by atoms with E-state index in [0.717, 1.165) is 55.1 Å². The second-order valence-corrected chi connectivity index (χ2v) is 7.11. The molecule has 0 aromatic heterocycles. The minimum atomic E-state index is 0.804. The summed E-state index contributed by atoms with van der Waals surface area (Å²) in [6.45, 7) is 9.86. The summed E-state index contributed by atoms with van der Waals surface area (Å²) in [5, 5.41) is 0. The van der Waals surface area contributed by atoms with Gasteiger partial charge in [-0.05, 0) is 71.7 Å². The third kappa shape index (κ3) is 4.65. The van der Waals surface area contributed by atoms with E-state index in [1.165, 1.54) is 11.4 Å². The van der Waals surface area contributed by atoms with Gasteiger partial charge >= 0.3 is 0 Å². The van der Waals surface area contributed by atoms with Gasteiger partial charge in [-0.15, -0.1) is 0 Å². The Labute approximate surface area is 164 Å². The second-order valence-electron chi connectivity index (χ2n) is 6.26. The van der Waals surface area contributed by atoms with Crippen LogP contribution in [0.3, 0.4) is 0 Å². The van der Waals surface area contributed by atoms with E-state index in [0.29, 0.717) is 0 Å². The lowest BCUT2D eigenvalue weighted by atomic mass is 10.2. The largest absolute Gasteiger partial charge is 0.378 e. The number of halogens is 1. The Bertz CT molecular complexity index is 735.